The molecule has 5 nitrogen and oxygen atoms in total. The van der Waals surface area contributed by atoms with Crippen LogP contribution in [0.1, 0.15) is 26.2 Å². The van der Waals surface area contributed by atoms with E-state index in [4.69, 9.17) is 0 Å². The van der Waals surface area contributed by atoms with Crippen molar-refractivity contribution in [1.82, 2.24) is 0 Å². The van der Waals surface area contributed by atoms with Gasteiger partial charge in [0.05, 0.1) is 16.0 Å². The number of hydrogen-bond donors (Lipinski definition) is 1. The Kier molecular flexibility index (Phi) is 4.27. The zero-order valence-corrected chi connectivity index (χ0v) is 13.2. The number of nitrogens with zero attached hydrogens (tertiary/aromatic N) is 1. The monoisotopic (exact) mass is 311 g/mol. The van der Waals surface area contributed by atoms with Gasteiger partial charge in [0, 0.05) is 19.3 Å². The average molecular weight is 311 g/mol. The number of para-hydroxylation sites is 1. The fourth-order valence-electron chi connectivity index (χ4n) is 2.98. The van der Waals surface area contributed by atoms with Crippen molar-refractivity contribution < 1.29 is 18.3 Å². The number of rotatable bonds is 4. The Bertz CT molecular complexity index is 641. The largest absolute Gasteiger partial charge is 0.481 e. The first-order chi connectivity index (χ1) is 9.80. The third-order valence-corrected chi connectivity index (χ3v) is 5.46. The highest BCUT2D eigenvalue weighted by molar-refractivity contribution is 7.90. The van der Waals surface area contributed by atoms with Crippen LogP contribution in [-0.2, 0) is 14.6 Å². The lowest BCUT2D eigenvalue weighted by atomic mass is 9.77. The third-order valence-electron chi connectivity index (χ3n) is 4.31. The van der Waals surface area contributed by atoms with Gasteiger partial charge in [0.15, 0.2) is 9.84 Å². The van der Waals surface area contributed by atoms with Gasteiger partial charge in [0.25, 0.3) is 0 Å². The summed E-state index contributed by atoms with van der Waals surface area (Å²) in [6.45, 7) is 2.91. The summed E-state index contributed by atoms with van der Waals surface area (Å²) in [6.07, 6.45) is 3.11. The van der Waals surface area contributed by atoms with Crippen molar-refractivity contribution in [2.24, 2.45) is 5.41 Å². The van der Waals surface area contributed by atoms with E-state index in [-0.39, 0.29) is 4.90 Å². The standard InChI is InChI=1S/C15H21NO4S/c1-3-15(14(17)18)9-6-10-16(11-15)12-7-4-5-8-13(12)21(2,19)20/h4-5,7-8H,3,6,9-11H2,1-2H3,(H,17,18). The molecular weight excluding hydrogens is 290 g/mol. The van der Waals surface area contributed by atoms with Crippen molar-refractivity contribution in [2.45, 2.75) is 31.1 Å². The maximum Gasteiger partial charge on any atom is 0.311 e. The van der Waals surface area contributed by atoms with E-state index in [0.717, 1.165) is 6.42 Å². The highest BCUT2D eigenvalue weighted by Gasteiger charge is 2.41. The van der Waals surface area contributed by atoms with Crippen LogP contribution in [0.15, 0.2) is 29.2 Å². The molecule has 0 radical (unpaired) electrons. The van der Waals surface area contributed by atoms with Gasteiger partial charge < -0.3 is 10.0 Å². The van der Waals surface area contributed by atoms with Crippen LogP contribution >= 0.6 is 0 Å². The van der Waals surface area contributed by atoms with E-state index in [2.05, 4.69) is 0 Å². The minimum atomic E-state index is -3.34. The van der Waals surface area contributed by atoms with Crippen LogP contribution in [0, 0.1) is 5.41 Å². The maximum atomic E-state index is 11.9. The molecule has 1 unspecified atom stereocenters. The number of benzene rings is 1. The maximum absolute atomic E-state index is 11.9. The molecule has 0 bridgehead atoms. The quantitative estimate of drug-likeness (QED) is 0.922. The highest BCUT2D eigenvalue weighted by Crippen LogP contribution is 2.37. The Balaban J connectivity index is 2.42. The van der Waals surface area contributed by atoms with E-state index in [1.165, 1.54) is 6.26 Å². The smallest absolute Gasteiger partial charge is 0.311 e. The van der Waals surface area contributed by atoms with Gasteiger partial charge >= 0.3 is 5.97 Å². The number of sulfone groups is 1. The van der Waals surface area contributed by atoms with Crippen molar-refractivity contribution in [3.8, 4) is 0 Å². The molecule has 1 heterocycles. The molecule has 0 aromatic heterocycles. The number of anilines is 1. The molecule has 6 heteroatoms. The van der Waals surface area contributed by atoms with Crippen molar-refractivity contribution in [3.63, 3.8) is 0 Å². The minimum absolute atomic E-state index is 0.266. The summed E-state index contributed by atoms with van der Waals surface area (Å²) in [4.78, 5) is 13.8. The number of carboxylic acids is 1. The van der Waals surface area contributed by atoms with E-state index >= 15 is 0 Å². The van der Waals surface area contributed by atoms with Crippen LogP contribution in [0.4, 0.5) is 5.69 Å². The summed E-state index contributed by atoms with van der Waals surface area (Å²) in [5, 5.41) is 9.54. The van der Waals surface area contributed by atoms with E-state index in [1.807, 2.05) is 11.8 Å². The predicted octanol–water partition coefficient (Wildman–Crippen LogP) is 2.17. The van der Waals surface area contributed by atoms with Gasteiger partial charge in [-0.3, -0.25) is 4.79 Å². The number of piperidine rings is 1. The van der Waals surface area contributed by atoms with Gasteiger partial charge in [-0.25, -0.2) is 8.42 Å². The first kappa shape index (κ1) is 15.8. The molecule has 1 fully saturated rings. The van der Waals surface area contributed by atoms with Crippen LogP contribution in [0.5, 0.6) is 0 Å². The average Bonchev–Trinajstić information content (AvgIpc) is 2.46. The molecule has 0 spiro atoms. The topological polar surface area (TPSA) is 74.7 Å². The van der Waals surface area contributed by atoms with Crippen LogP contribution < -0.4 is 4.90 Å². The number of carbonyl (C=O) groups is 1. The van der Waals surface area contributed by atoms with Crippen LogP contribution in [0.2, 0.25) is 0 Å². The summed E-state index contributed by atoms with van der Waals surface area (Å²) in [5.74, 6) is -0.800. The Morgan fingerprint density at radius 2 is 2.05 bits per heavy atom. The predicted molar refractivity (Wildman–Crippen MR) is 81.4 cm³/mol. The zero-order chi connectivity index (χ0) is 15.7. The van der Waals surface area contributed by atoms with Crippen molar-refractivity contribution in [1.29, 1.82) is 0 Å². The molecule has 1 aliphatic rings. The molecule has 0 saturated carbocycles. The molecule has 1 atom stereocenters. The van der Waals surface area contributed by atoms with Gasteiger partial charge in [-0.05, 0) is 31.4 Å². The zero-order valence-electron chi connectivity index (χ0n) is 12.4. The van der Waals surface area contributed by atoms with Crippen molar-refractivity contribution in [3.05, 3.63) is 24.3 Å². The SMILES string of the molecule is CCC1(C(=O)O)CCCN(c2ccccc2S(C)(=O)=O)C1. The third kappa shape index (κ3) is 3.05. The molecule has 2 rings (SSSR count). The van der Waals surface area contributed by atoms with Crippen LogP contribution in [-0.4, -0.2) is 38.8 Å². The Morgan fingerprint density at radius 1 is 1.38 bits per heavy atom. The molecule has 1 aliphatic heterocycles. The van der Waals surface area contributed by atoms with E-state index in [1.54, 1.807) is 24.3 Å². The van der Waals surface area contributed by atoms with Crippen molar-refractivity contribution >= 4 is 21.5 Å². The van der Waals surface area contributed by atoms with Crippen LogP contribution in [0.25, 0.3) is 0 Å². The van der Waals surface area contributed by atoms with Crippen LogP contribution in [0.3, 0.4) is 0 Å². The number of hydrogen-bond acceptors (Lipinski definition) is 4. The van der Waals surface area contributed by atoms with Gasteiger partial charge in [-0.15, -0.1) is 0 Å². The van der Waals surface area contributed by atoms with Crippen molar-refractivity contribution in [2.75, 3.05) is 24.2 Å². The van der Waals surface area contributed by atoms with Gasteiger partial charge in [0.2, 0.25) is 0 Å². The first-order valence-electron chi connectivity index (χ1n) is 7.07. The molecular formula is C15H21NO4S. The summed E-state index contributed by atoms with van der Waals surface area (Å²) in [5.41, 5.74) is -0.179. The first-order valence-corrected chi connectivity index (χ1v) is 8.97. The fourth-order valence-corrected chi connectivity index (χ4v) is 3.89. The fraction of sp³-hybridized carbons (Fsp3) is 0.533. The normalized spacial score (nSPS) is 23.0. The lowest BCUT2D eigenvalue weighted by Gasteiger charge is -2.41. The summed E-state index contributed by atoms with van der Waals surface area (Å²) >= 11 is 0. The van der Waals surface area contributed by atoms with Gasteiger partial charge in [-0.2, -0.15) is 0 Å². The Morgan fingerprint density at radius 3 is 2.62 bits per heavy atom. The second-order valence-corrected chi connectivity index (χ2v) is 7.69. The minimum Gasteiger partial charge on any atom is -0.481 e. The number of aliphatic carboxylic acids is 1. The molecule has 1 saturated heterocycles. The molecule has 0 amide bonds. The van der Waals surface area contributed by atoms with Gasteiger partial charge in [-0.1, -0.05) is 19.1 Å². The molecule has 116 valence electrons. The number of carboxylic acid groups (broad SMARTS) is 1. The summed E-state index contributed by atoms with van der Waals surface area (Å²) in [6, 6.07) is 6.80. The van der Waals surface area contributed by atoms with E-state index in [0.29, 0.717) is 31.6 Å². The lowest BCUT2D eigenvalue weighted by molar-refractivity contribution is -0.149. The van der Waals surface area contributed by atoms with E-state index < -0.39 is 21.2 Å². The summed E-state index contributed by atoms with van der Waals surface area (Å²) < 4.78 is 23.8. The molecule has 1 aromatic rings. The second-order valence-electron chi connectivity index (χ2n) is 5.70. The molecule has 0 aliphatic carbocycles. The lowest BCUT2D eigenvalue weighted by Crippen LogP contribution is -2.48. The molecule has 1 aromatic carbocycles. The highest BCUT2D eigenvalue weighted by atomic mass is 32.2. The Labute approximate surface area is 125 Å². The van der Waals surface area contributed by atoms with Gasteiger partial charge in [0.1, 0.15) is 0 Å². The Hall–Kier alpha value is -1.56. The summed E-state index contributed by atoms with van der Waals surface area (Å²) in [7, 11) is -3.34. The van der Waals surface area contributed by atoms with E-state index in [9.17, 15) is 18.3 Å². The second kappa shape index (κ2) is 5.67. The molecule has 1 N–H and O–H groups in total. The molecule has 21 heavy (non-hydrogen) atoms.